The molecule has 132 valence electrons. The number of hydrogen-bond acceptors (Lipinski definition) is 6. The molecule has 0 fully saturated rings. The van der Waals surface area contributed by atoms with Crippen molar-refractivity contribution in [3.05, 3.63) is 0 Å². The zero-order valence-corrected chi connectivity index (χ0v) is 14.1. The zero-order valence-electron chi connectivity index (χ0n) is 13.3. The van der Waals surface area contributed by atoms with E-state index in [-0.39, 0.29) is 11.8 Å². The number of halogens is 1. The molecular formula is C13H23ClN4O5. The summed E-state index contributed by atoms with van der Waals surface area (Å²) in [6, 6.07) is -1.75. The average Bonchev–Trinajstić information content (AvgIpc) is 2.49. The number of rotatable bonds is 9. The Kier molecular flexibility index (Phi) is 10.1. The third-order valence-corrected chi connectivity index (χ3v) is 3.00. The van der Waals surface area contributed by atoms with Crippen LogP contribution in [0.15, 0.2) is 0 Å². The number of imide groups is 1. The molecule has 0 radical (unpaired) electrons. The molecule has 5 N–H and O–H groups in total. The van der Waals surface area contributed by atoms with E-state index in [2.05, 4.69) is 10.6 Å². The Bertz CT molecular complexity index is 444. The molecule has 0 aliphatic carbocycles. The highest BCUT2D eigenvalue weighted by Gasteiger charge is 2.23. The lowest BCUT2D eigenvalue weighted by atomic mass is 10.0. The van der Waals surface area contributed by atoms with Crippen LogP contribution in [-0.4, -0.2) is 53.3 Å². The van der Waals surface area contributed by atoms with Crippen LogP contribution < -0.4 is 21.4 Å². The van der Waals surface area contributed by atoms with E-state index >= 15 is 0 Å². The van der Waals surface area contributed by atoms with E-state index in [1.54, 1.807) is 0 Å². The smallest absolute Gasteiger partial charge is 0.245 e. The number of hydroxylamine groups is 1. The van der Waals surface area contributed by atoms with Gasteiger partial charge < -0.3 is 15.8 Å². The Labute approximate surface area is 139 Å². The Hall–Kier alpha value is -1.71. The van der Waals surface area contributed by atoms with Gasteiger partial charge in [0.15, 0.2) is 0 Å². The molecule has 0 rings (SSSR count). The molecule has 0 heterocycles. The first-order valence-electron chi connectivity index (χ1n) is 7.07. The van der Waals surface area contributed by atoms with Gasteiger partial charge in [-0.25, -0.2) is 0 Å². The number of nitrogens with one attached hydrogen (secondary N) is 4. The summed E-state index contributed by atoms with van der Waals surface area (Å²) >= 11 is 5.22. The van der Waals surface area contributed by atoms with Gasteiger partial charge in [-0.1, -0.05) is 13.8 Å². The van der Waals surface area contributed by atoms with Crippen LogP contribution in [0.1, 0.15) is 27.2 Å². The van der Waals surface area contributed by atoms with E-state index in [9.17, 15) is 19.2 Å². The van der Waals surface area contributed by atoms with Crippen molar-refractivity contribution in [2.45, 2.75) is 39.3 Å². The van der Waals surface area contributed by atoms with Crippen LogP contribution >= 0.6 is 11.6 Å². The highest BCUT2D eigenvalue weighted by atomic mass is 35.5. The summed E-state index contributed by atoms with van der Waals surface area (Å²) in [6.45, 7) is 4.78. The Balaban J connectivity index is 4.31. The van der Waals surface area contributed by atoms with Crippen LogP contribution in [0.3, 0.4) is 0 Å². The molecule has 23 heavy (non-hydrogen) atoms. The standard InChI is InChI=1S/C13H23ClN4O5/c1-7(2)4-9(18-23)13(22)16-8(3)12(21)15-6-11(20)17-10(19)5-14/h7-9,18,23H,4-6H2,1-3H3,(H,15,21)(H,16,22)(H,17,19,20)/t8-,9-/m0/s1. The van der Waals surface area contributed by atoms with Gasteiger partial charge in [0.1, 0.15) is 18.0 Å². The lowest BCUT2D eigenvalue weighted by Gasteiger charge is -2.20. The fourth-order valence-corrected chi connectivity index (χ4v) is 1.69. The molecule has 0 unspecified atom stereocenters. The maximum Gasteiger partial charge on any atom is 0.245 e. The van der Waals surface area contributed by atoms with E-state index in [4.69, 9.17) is 16.8 Å². The summed E-state index contributed by atoms with van der Waals surface area (Å²) in [5, 5.41) is 15.6. The summed E-state index contributed by atoms with van der Waals surface area (Å²) in [5.41, 5.74) is 1.90. The van der Waals surface area contributed by atoms with Gasteiger partial charge in [-0.05, 0) is 19.3 Å². The monoisotopic (exact) mass is 350 g/mol. The molecule has 2 atom stereocenters. The van der Waals surface area contributed by atoms with E-state index in [1.165, 1.54) is 6.92 Å². The topological polar surface area (TPSA) is 137 Å². The average molecular weight is 351 g/mol. The minimum Gasteiger partial charge on any atom is -0.345 e. The first-order chi connectivity index (χ1) is 10.7. The number of alkyl halides is 1. The molecule has 0 saturated carbocycles. The molecular weight excluding hydrogens is 328 g/mol. The van der Waals surface area contributed by atoms with Crippen LogP contribution in [-0.2, 0) is 19.2 Å². The Morgan fingerprint density at radius 1 is 1.04 bits per heavy atom. The number of carbonyl (C=O) groups excluding carboxylic acids is 4. The third-order valence-electron chi connectivity index (χ3n) is 2.75. The summed E-state index contributed by atoms with van der Waals surface area (Å²) in [4.78, 5) is 45.8. The van der Waals surface area contributed by atoms with Crippen molar-refractivity contribution in [2.24, 2.45) is 5.92 Å². The second-order valence-corrected chi connectivity index (χ2v) is 5.63. The first kappa shape index (κ1) is 21.3. The summed E-state index contributed by atoms with van der Waals surface area (Å²) < 4.78 is 0. The highest BCUT2D eigenvalue weighted by Crippen LogP contribution is 2.04. The lowest BCUT2D eigenvalue weighted by Crippen LogP contribution is -2.52. The Morgan fingerprint density at radius 2 is 1.65 bits per heavy atom. The third kappa shape index (κ3) is 9.11. The van der Waals surface area contributed by atoms with Crippen molar-refractivity contribution in [3.63, 3.8) is 0 Å². The van der Waals surface area contributed by atoms with Gasteiger partial charge in [0, 0.05) is 0 Å². The van der Waals surface area contributed by atoms with Crippen LogP contribution in [0.4, 0.5) is 0 Å². The van der Waals surface area contributed by atoms with Crippen LogP contribution in [0.5, 0.6) is 0 Å². The molecule has 4 amide bonds. The van der Waals surface area contributed by atoms with Gasteiger partial charge in [-0.15, -0.1) is 11.6 Å². The fraction of sp³-hybridized carbons (Fsp3) is 0.692. The van der Waals surface area contributed by atoms with Crippen LogP contribution in [0, 0.1) is 5.92 Å². The minimum absolute atomic E-state index is 0.165. The predicted molar refractivity (Wildman–Crippen MR) is 82.6 cm³/mol. The number of amides is 4. The minimum atomic E-state index is -0.915. The van der Waals surface area contributed by atoms with Crippen molar-refractivity contribution < 1.29 is 24.4 Å². The SMILES string of the molecule is CC(C)C[C@H](NO)C(=O)N[C@@H](C)C(=O)NCC(=O)NC(=O)CCl. The van der Waals surface area contributed by atoms with Gasteiger partial charge >= 0.3 is 0 Å². The van der Waals surface area contributed by atoms with Crippen molar-refractivity contribution in [1.82, 2.24) is 21.4 Å². The van der Waals surface area contributed by atoms with Gasteiger partial charge in [0.05, 0.1) is 6.54 Å². The van der Waals surface area contributed by atoms with Crippen molar-refractivity contribution in [1.29, 1.82) is 0 Å². The molecule has 0 aromatic heterocycles. The van der Waals surface area contributed by atoms with Gasteiger partial charge in [-0.3, -0.25) is 24.5 Å². The summed E-state index contributed by atoms with van der Waals surface area (Å²) in [5.74, 6) is -2.72. The van der Waals surface area contributed by atoms with Crippen LogP contribution in [0.25, 0.3) is 0 Å². The van der Waals surface area contributed by atoms with Gasteiger partial charge in [-0.2, -0.15) is 5.48 Å². The molecule has 9 nitrogen and oxygen atoms in total. The molecule has 0 aromatic rings. The molecule has 0 bridgehead atoms. The number of carbonyl (C=O) groups is 4. The molecule has 10 heteroatoms. The van der Waals surface area contributed by atoms with E-state index in [0.717, 1.165) is 0 Å². The molecule has 0 saturated heterocycles. The van der Waals surface area contributed by atoms with Crippen LogP contribution in [0.2, 0.25) is 0 Å². The summed E-state index contributed by atoms with van der Waals surface area (Å²) in [7, 11) is 0. The van der Waals surface area contributed by atoms with E-state index < -0.39 is 42.3 Å². The molecule has 0 aliphatic rings. The van der Waals surface area contributed by atoms with Gasteiger partial charge in [0.25, 0.3) is 0 Å². The normalized spacial score (nSPS) is 13.1. The Morgan fingerprint density at radius 3 is 2.13 bits per heavy atom. The molecule has 0 spiro atoms. The molecule has 0 aromatic carbocycles. The van der Waals surface area contributed by atoms with Crippen molar-refractivity contribution in [2.75, 3.05) is 12.4 Å². The second-order valence-electron chi connectivity index (χ2n) is 5.36. The van der Waals surface area contributed by atoms with Gasteiger partial charge in [0.2, 0.25) is 23.6 Å². The van der Waals surface area contributed by atoms with E-state index in [0.29, 0.717) is 6.42 Å². The predicted octanol–water partition coefficient (Wildman–Crippen LogP) is -1.12. The fourth-order valence-electron chi connectivity index (χ4n) is 1.62. The first-order valence-corrected chi connectivity index (χ1v) is 7.61. The van der Waals surface area contributed by atoms with Crippen molar-refractivity contribution in [3.8, 4) is 0 Å². The maximum atomic E-state index is 11.9. The van der Waals surface area contributed by atoms with Crippen molar-refractivity contribution >= 4 is 35.2 Å². The second kappa shape index (κ2) is 10.9. The largest absolute Gasteiger partial charge is 0.345 e. The zero-order chi connectivity index (χ0) is 18.0. The quantitative estimate of drug-likeness (QED) is 0.264. The van der Waals surface area contributed by atoms with E-state index in [1.807, 2.05) is 24.6 Å². The molecule has 0 aliphatic heterocycles. The number of hydrogen-bond donors (Lipinski definition) is 5. The lowest BCUT2D eigenvalue weighted by molar-refractivity contribution is -0.133. The summed E-state index contributed by atoms with van der Waals surface area (Å²) in [6.07, 6.45) is 0.389. The maximum absolute atomic E-state index is 11.9. The highest BCUT2D eigenvalue weighted by molar-refractivity contribution is 6.28.